The first kappa shape index (κ1) is 23.6. The minimum Gasteiger partial charge on any atom is -0.493 e. The maximum Gasteiger partial charge on any atom is 0.175 e. The molecule has 0 amide bonds. The van der Waals surface area contributed by atoms with E-state index in [4.69, 9.17) is 21.6 Å². The lowest BCUT2D eigenvalue weighted by Crippen LogP contribution is -2.40. The number of aliphatic hydroxyl groups is 1. The van der Waals surface area contributed by atoms with Crippen LogP contribution in [0.15, 0.2) is 47.4 Å². The highest BCUT2D eigenvalue weighted by Gasteiger charge is 2.35. The van der Waals surface area contributed by atoms with Crippen LogP contribution in [-0.4, -0.2) is 49.9 Å². The van der Waals surface area contributed by atoms with Crippen molar-refractivity contribution in [1.29, 1.82) is 5.26 Å². The number of halogens is 1. The van der Waals surface area contributed by atoms with Crippen LogP contribution in [0.4, 0.5) is 0 Å². The first-order valence-corrected chi connectivity index (χ1v) is 12.4. The zero-order valence-electron chi connectivity index (χ0n) is 17.8. The van der Waals surface area contributed by atoms with Crippen LogP contribution in [0.25, 0.3) is 0 Å². The van der Waals surface area contributed by atoms with Gasteiger partial charge in [-0.1, -0.05) is 11.6 Å². The molecule has 1 saturated heterocycles. The van der Waals surface area contributed by atoms with E-state index in [1.54, 1.807) is 42.5 Å². The van der Waals surface area contributed by atoms with Gasteiger partial charge in [0.2, 0.25) is 0 Å². The van der Waals surface area contributed by atoms with E-state index in [1.165, 1.54) is 6.26 Å². The van der Waals surface area contributed by atoms with Crippen molar-refractivity contribution in [2.24, 2.45) is 5.92 Å². The monoisotopic (exact) mass is 462 g/mol. The molecule has 2 aromatic rings. The largest absolute Gasteiger partial charge is 0.493 e. The number of hydrogen-bond acceptors (Lipinski definition) is 6. The Morgan fingerprint density at radius 2 is 1.97 bits per heavy atom. The van der Waals surface area contributed by atoms with Crippen LogP contribution in [0.1, 0.15) is 37.5 Å². The highest BCUT2D eigenvalue weighted by Crippen LogP contribution is 2.32. The van der Waals surface area contributed by atoms with Crippen LogP contribution in [0.2, 0.25) is 5.02 Å². The molecule has 4 atom stereocenters. The van der Waals surface area contributed by atoms with E-state index in [2.05, 4.69) is 17.9 Å². The minimum atomic E-state index is -3.22. The van der Waals surface area contributed by atoms with Crippen molar-refractivity contribution in [3.63, 3.8) is 0 Å². The van der Waals surface area contributed by atoms with Crippen molar-refractivity contribution in [2.45, 2.75) is 43.4 Å². The Bertz CT molecular complexity index is 1070. The van der Waals surface area contributed by atoms with E-state index < -0.39 is 15.9 Å². The predicted octanol–water partition coefficient (Wildman–Crippen LogP) is 3.83. The van der Waals surface area contributed by atoms with Gasteiger partial charge in [0.05, 0.1) is 29.2 Å². The molecule has 1 aliphatic rings. The molecule has 0 saturated carbocycles. The van der Waals surface area contributed by atoms with Crippen molar-refractivity contribution >= 4 is 21.4 Å². The number of ether oxygens (including phenoxy) is 1. The molecule has 6 nitrogen and oxygen atoms in total. The van der Waals surface area contributed by atoms with Crippen LogP contribution in [0.3, 0.4) is 0 Å². The second-order valence-electron chi connectivity index (χ2n) is 8.27. The first-order chi connectivity index (χ1) is 14.6. The van der Waals surface area contributed by atoms with Gasteiger partial charge in [-0.15, -0.1) is 0 Å². The average molecular weight is 463 g/mol. The lowest BCUT2D eigenvalue weighted by atomic mass is 10.00. The fourth-order valence-corrected chi connectivity index (χ4v) is 5.04. The molecule has 1 aliphatic heterocycles. The molecular weight excluding hydrogens is 436 g/mol. The quantitative estimate of drug-likeness (QED) is 0.672. The number of rotatable bonds is 7. The maximum atomic E-state index is 11.6. The molecule has 1 fully saturated rings. The Labute approximate surface area is 188 Å². The topological polar surface area (TPSA) is 90.6 Å². The summed E-state index contributed by atoms with van der Waals surface area (Å²) in [5, 5.41) is 20.5. The van der Waals surface area contributed by atoms with E-state index in [0.29, 0.717) is 28.5 Å². The molecule has 1 heterocycles. The lowest BCUT2D eigenvalue weighted by Gasteiger charge is -2.32. The van der Waals surface area contributed by atoms with E-state index in [-0.39, 0.29) is 22.9 Å². The first-order valence-electron chi connectivity index (χ1n) is 10.2. The molecule has 0 spiro atoms. The van der Waals surface area contributed by atoms with Crippen LogP contribution < -0.4 is 4.74 Å². The van der Waals surface area contributed by atoms with Crippen LogP contribution >= 0.6 is 11.6 Å². The molecule has 0 radical (unpaired) electrons. The van der Waals surface area contributed by atoms with Gasteiger partial charge in [0.15, 0.2) is 9.84 Å². The summed E-state index contributed by atoms with van der Waals surface area (Å²) in [5.74, 6) is 0.919. The second kappa shape index (κ2) is 9.58. The Hall–Kier alpha value is -2.11. The minimum absolute atomic E-state index is 0.154. The van der Waals surface area contributed by atoms with E-state index in [0.717, 1.165) is 13.0 Å². The fraction of sp³-hybridized carbons (Fsp3) is 0.435. The molecule has 3 rings (SSSR count). The van der Waals surface area contributed by atoms with Crippen molar-refractivity contribution in [3.05, 3.63) is 58.6 Å². The number of hydrogen-bond donors (Lipinski definition) is 1. The highest BCUT2D eigenvalue weighted by molar-refractivity contribution is 7.90. The third-order valence-corrected chi connectivity index (χ3v) is 7.16. The van der Waals surface area contributed by atoms with E-state index >= 15 is 0 Å². The predicted molar refractivity (Wildman–Crippen MR) is 120 cm³/mol. The summed E-state index contributed by atoms with van der Waals surface area (Å²) in [6.07, 6.45) is 1.34. The van der Waals surface area contributed by atoms with Gasteiger partial charge in [0.25, 0.3) is 0 Å². The van der Waals surface area contributed by atoms with Gasteiger partial charge in [-0.2, -0.15) is 5.26 Å². The zero-order chi connectivity index (χ0) is 22.8. The molecule has 0 bridgehead atoms. The fourth-order valence-electron chi connectivity index (χ4n) is 4.16. The SMILES string of the molecule is C[C@@H]1C[C@H](COc2ccc(S(C)(=O)=O)cc2)CN1[C@@H](C)[C@@H](O)c1cc(Cl)cc(C#N)c1. The molecule has 0 aliphatic carbocycles. The highest BCUT2D eigenvalue weighted by atomic mass is 35.5. The van der Waals surface area contributed by atoms with Crippen LogP contribution in [0, 0.1) is 17.2 Å². The van der Waals surface area contributed by atoms with E-state index in [1.807, 2.05) is 6.92 Å². The number of sulfone groups is 1. The Morgan fingerprint density at radius 1 is 1.29 bits per heavy atom. The summed E-state index contributed by atoms with van der Waals surface area (Å²) in [6.45, 7) is 5.38. The van der Waals surface area contributed by atoms with Crippen molar-refractivity contribution in [2.75, 3.05) is 19.4 Å². The Kier molecular flexibility index (Phi) is 7.28. The normalized spacial score (nSPS) is 21.4. The maximum absolute atomic E-state index is 11.6. The molecule has 31 heavy (non-hydrogen) atoms. The number of nitriles is 1. The van der Waals surface area contributed by atoms with Crippen molar-refractivity contribution in [3.8, 4) is 11.8 Å². The number of nitrogens with zero attached hydrogens (tertiary/aromatic N) is 2. The Balaban J connectivity index is 1.61. The summed E-state index contributed by atoms with van der Waals surface area (Å²) in [5.41, 5.74) is 1.06. The smallest absolute Gasteiger partial charge is 0.175 e. The summed E-state index contributed by atoms with van der Waals surface area (Å²) >= 11 is 6.10. The molecule has 0 unspecified atom stereocenters. The molecular formula is C23H27ClN2O4S. The van der Waals surface area contributed by atoms with E-state index in [9.17, 15) is 13.5 Å². The van der Waals surface area contributed by atoms with Gasteiger partial charge in [-0.3, -0.25) is 4.90 Å². The molecule has 2 aromatic carbocycles. The zero-order valence-corrected chi connectivity index (χ0v) is 19.4. The Morgan fingerprint density at radius 3 is 2.58 bits per heavy atom. The number of likely N-dealkylation sites (tertiary alicyclic amines) is 1. The third kappa shape index (κ3) is 5.78. The standard InChI is InChI=1S/C23H27ClN2O4S/c1-15-8-18(14-30-21-4-6-22(7-5-21)31(3,28)29)13-26(15)16(2)23(27)19-9-17(12-25)10-20(24)11-19/h4-7,9-11,15-16,18,23,27H,8,13-14H2,1-3H3/t15-,16+,18+,23-/m1/s1. The van der Waals surface area contributed by atoms with Gasteiger partial charge in [-0.25, -0.2) is 8.42 Å². The van der Waals surface area contributed by atoms with Gasteiger partial charge < -0.3 is 9.84 Å². The summed E-state index contributed by atoms with van der Waals surface area (Å²) in [6, 6.07) is 13.6. The number of aliphatic hydroxyl groups excluding tert-OH is 1. The van der Waals surface area contributed by atoms with Crippen LogP contribution in [0.5, 0.6) is 5.75 Å². The molecule has 8 heteroatoms. The summed E-state index contributed by atoms with van der Waals surface area (Å²) in [7, 11) is -3.22. The lowest BCUT2D eigenvalue weighted by molar-refractivity contribution is 0.0517. The number of benzene rings is 2. The third-order valence-electron chi connectivity index (χ3n) is 5.82. The molecule has 1 N–H and O–H groups in total. The molecule has 166 valence electrons. The average Bonchev–Trinajstić information content (AvgIpc) is 3.10. The van der Waals surface area contributed by atoms with Crippen molar-refractivity contribution < 1.29 is 18.3 Å². The van der Waals surface area contributed by atoms with Gasteiger partial charge in [-0.05, 0) is 68.3 Å². The summed E-state index contributed by atoms with van der Waals surface area (Å²) < 4.78 is 29.0. The van der Waals surface area contributed by atoms with Gasteiger partial charge >= 0.3 is 0 Å². The van der Waals surface area contributed by atoms with Crippen molar-refractivity contribution in [1.82, 2.24) is 4.90 Å². The van der Waals surface area contributed by atoms with Crippen LogP contribution in [-0.2, 0) is 9.84 Å². The second-order valence-corrected chi connectivity index (χ2v) is 10.7. The molecule has 0 aromatic heterocycles. The summed E-state index contributed by atoms with van der Waals surface area (Å²) in [4.78, 5) is 2.52. The van der Waals surface area contributed by atoms with Gasteiger partial charge in [0.1, 0.15) is 5.75 Å². The van der Waals surface area contributed by atoms with Gasteiger partial charge in [0, 0.05) is 35.8 Å².